The third-order valence-corrected chi connectivity index (χ3v) is 6.85. The third-order valence-electron chi connectivity index (χ3n) is 5.48. The summed E-state index contributed by atoms with van der Waals surface area (Å²) in [7, 11) is -1.36. The lowest BCUT2D eigenvalue weighted by atomic mass is 10.1. The number of sulfonamides is 1. The fraction of sp³-hybridized carbons (Fsp3) is 0.208. The number of nitrogen functional groups attached to an aromatic ring is 1. The molecule has 0 aliphatic rings. The molecule has 0 unspecified atom stereocenters. The zero-order valence-electron chi connectivity index (χ0n) is 18.4. The van der Waals surface area contributed by atoms with Gasteiger partial charge in [-0.1, -0.05) is 12.1 Å². The van der Waals surface area contributed by atoms with E-state index in [9.17, 15) is 8.42 Å². The summed E-state index contributed by atoms with van der Waals surface area (Å²) in [6, 6.07) is 21.3. The number of fused-ring (bicyclic) bond motifs is 2. The molecule has 0 spiro atoms. The van der Waals surface area contributed by atoms with Gasteiger partial charge >= 0.3 is 0 Å². The topological polar surface area (TPSA) is 114 Å². The van der Waals surface area contributed by atoms with Crippen LogP contribution in [0.15, 0.2) is 66.7 Å². The second-order valence-corrected chi connectivity index (χ2v) is 9.69. The Kier molecular flexibility index (Phi) is 7.63. The maximum atomic E-state index is 12.2. The highest BCUT2D eigenvalue weighted by Crippen LogP contribution is 2.33. The lowest BCUT2D eigenvalue weighted by molar-refractivity contribution is -0.617. The molecule has 0 fully saturated rings. The number of hydrogen-bond acceptors (Lipinski definition) is 5. The van der Waals surface area contributed by atoms with Crippen molar-refractivity contribution in [1.29, 1.82) is 0 Å². The van der Waals surface area contributed by atoms with Gasteiger partial charge in [-0.05, 0) is 61.9 Å². The molecular weight excluding hydrogens is 458 g/mol. The number of aryl methyl sites for hydroxylation is 1. The Morgan fingerprint density at radius 2 is 1.55 bits per heavy atom. The van der Waals surface area contributed by atoms with Gasteiger partial charge < -0.3 is 29.2 Å². The zero-order chi connectivity index (χ0) is 22.7. The summed E-state index contributed by atoms with van der Waals surface area (Å²) in [6.07, 6.45) is 1.23. The normalized spacial score (nSPS) is 11.3. The second-order valence-electron chi connectivity index (χ2n) is 7.85. The minimum atomic E-state index is -3.39. The number of nitrogens with one attached hydrogen (secondary N) is 2. The molecule has 0 saturated heterocycles. The fourth-order valence-corrected chi connectivity index (χ4v) is 5.04. The van der Waals surface area contributed by atoms with Crippen LogP contribution in [0.2, 0.25) is 0 Å². The Balaban J connectivity index is 0.00000306. The van der Waals surface area contributed by atoms with Crippen molar-refractivity contribution in [3.05, 3.63) is 66.7 Å². The standard InChI is InChI=1S/C24H27N5O2S.ClH/c1-29-22-7-3-2-6-20(22)24(21-13-8-17(26)16-23(21)29)27-18-9-11-19(12-10-18)28-32(30,31)15-5-4-14-25;/h2-3,6-13,16,28H,4-5,14-15,25H2,1H3,(H2,26,27);1H. The molecule has 0 bridgehead atoms. The van der Waals surface area contributed by atoms with E-state index in [0.29, 0.717) is 30.8 Å². The van der Waals surface area contributed by atoms with Crippen molar-refractivity contribution in [2.75, 3.05) is 28.1 Å². The van der Waals surface area contributed by atoms with E-state index in [1.807, 2.05) is 49.5 Å². The Bertz CT molecular complexity index is 1380. The number of nitrogens with two attached hydrogens (primary N) is 2. The van der Waals surface area contributed by atoms with Crippen molar-refractivity contribution in [1.82, 2.24) is 0 Å². The van der Waals surface area contributed by atoms with E-state index < -0.39 is 10.0 Å². The van der Waals surface area contributed by atoms with Crippen LogP contribution in [0.4, 0.5) is 22.7 Å². The van der Waals surface area contributed by atoms with Crippen molar-refractivity contribution in [2.24, 2.45) is 12.8 Å². The molecular formula is C24H28ClN5O2S. The number of para-hydroxylation sites is 1. The number of rotatable bonds is 8. The first-order valence-electron chi connectivity index (χ1n) is 10.6. The molecule has 0 atom stereocenters. The number of anilines is 4. The second kappa shape index (κ2) is 10.2. The molecule has 0 saturated carbocycles. The summed E-state index contributed by atoms with van der Waals surface area (Å²) < 4.78 is 29.2. The number of hydrogen-bond donors (Lipinski definition) is 4. The molecule has 33 heavy (non-hydrogen) atoms. The summed E-state index contributed by atoms with van der Waals surface area (Å²) in [5, 5.41) is 5.65. The maximum absolute atomic E-state index is 12.2. The van der Waals surface area contributed by atoms with E-state index in [1.165, 1.54) is 0 Å². The van der Waals surface area contributed by atoms with Crippen molar-refractivity contribution in [3.63, 3.8) is 0 Å². The van der Waals surface area contributed by atoms with Gasteiger partial charge in [0.05, 0.1) is 22.2 Å². The van der Waals surface area contributed by atoms with Crippen LogP contribution in [-0.4, -0.2) is 20.7 Å². The van der Waals surface area contributed by atoms with E-state index in [-0.39, 0.29) is 18.2 Å². The van der Waals surface area contributed by atoms with Gasteiger partial charge in [0.25, 0.3) is 0 Å². The molecule has 1 heterocycles. The Morgan fingerprint density at radius 3 is 2.27 bits per heavy atom. The predicted octanol–water partition coefficient (Wildman–Crippen LogP) is 0.628. The van der Waals surface area contributed by atoms with Gasteiger partial charge in [-0.3, -0.25) is 4.72 Å². The van der Waals surface area contributed by atoms with Crippen molar-refractivity contribution in [3.8, 4) is 0 Å². The summed E-state index contributed by atoms with van der Waals surface area (Å²) >= 11 is 0. The summed E-state index contributed by atoms with van der Waals surface area (Å²) in [5.41, 5.74) is 16.7. The average molecular weight is 486 g/mol. The van der Waals surface area contributed by atoms with Crippen molar-refractivity contribution >= 4 is 54.6 Å². The van der Waals surface area contributed by atoms with Crippen LogP contribution in [0.5, 0.6) is 0 Å². The SMILES string of the molecule is C[n+]1c2ccccc2c(Nc2ccc(NS(=O)(=O)CCCCN)cc2)c2ccc(N)cc21.[Cl-]. The molecule has 0 aliphatic heterocycles. The molecule has 7 nitrogen and oxygen atoms in total. The van der Waals surface area contributed by atoms with E-state index in [2.05, 4.69) is 26.7 Å². The molecule has 0 amide bonds. The van der Waals surface area contributed by atoms with Gasteiger partial charge in [0, 0.05) is 29.2 Å². The number of nitrogens with zero attached hydrogens (tertiary/aromatic N) is 1. The first-order valence-corrected chi connectivity index (χ1v) is 12.2. The highest BCUT2D eigenvalue weighted by Gasteiger charge is 2.18. The molecule has 4 rings (SSSR count). The summed E-state index contributed by atoms with van der Waals surface area (Å²) in [4.78, 5) is 0. The quantitative estimate of drug-likeness (QED) is 0.126. The molecule has 3 aromatic carbocycles. The van der Waals surface area contributed by atoms with Crippen LogP contribution in [0.25, 0.3) is 21.8 Å². The number of halogens is 1. The number of unbranched alkanes of at least 4 members (excludes halogenated alkanes) is 1. The van der Waals surface area contributed by atoms with Crippen molar-refractivity contribution < 1.29 is 25.4 Å². The summed E-state index contributed by atoms with van der Waals surface area (Å²) in [6.45, 7) is 0.489. The van der Waals surface area contributed by atoms with E-state index in [1.54, 1.807) is 12.1 Å². The highest BCUT2D eigenvalue weighted by molar-refractivity contribution is 7.92. The predicted molar refractivity (Wildman–Crippen MR) is 132 cm³/mol. The first-order chi connectivity index (χ1) is 15.4. The van der Waals surface area contributed by atoms with Crippen LogP contribution in [0.3, 0.4) is 0 Å². The first kappa shape index (κ1) is 24.6. The van der Waals surface area contributed by atoms with Crippen LogP contribution >= 0.6 is 0 Å². The van der Waals surface area contributed by atoms with Gasteiger partial charge in [-0.15, -0.1) is 0 Å². The lowest BCUT2D eigenvalue weighted by Gasteiger charge is -2.14. The van der Waals surface area contributed by atoms with Crippen LogP contribution in [0.1, 0.15) is 12.8 Å². The van der Waals surface area contributed by atoms with Gasteiger partial charge in [0.15, 0.2) is 0 Å². The lowest BCUT2D eigenvalue weighted by Crippen LogP contribution is -3.00. The zero-order valence-corrected chi connectivity index (χ0v) is 20.0. The van der Waals surface area contributed by atoms with E-state index in [0.717, 1.165) is 33.2 Å². The molecule has 1 aromatic heterocycles. The van der Waals surface area contributed by atoms with Gasteiger partial charge in [0.1, 0.15) is 7.05 Å². The minimum Gasteiger partial charge on any atom is -1.00 e. The molecule has 4 aromatic rings. The van der Waals surface area contributed by atoms with Crippen molar-refractivity contribution in [2.45, 2.75) is 12.8 Å². The molecule has 6 N–H and O–H groups in total. The van der Waals surface area contributed by atoms with Crippen LogP contribution < -0.4 is 38.5 Å². The van der Waals surface area contributed by atoms with Crippen LogP contribution in [-0.2, 0) is 17.1 Å². The monoisotopic (exact) mass is 485 g/mol. The Hall–Kier alpha value is -3.07. The number of aromatic nitrogens is 1. The van der Waals surface area contributed by atoms with E-state index >= 15 is 0 Å². The number of benzene rings is 3. The average Bonchev–Trinajstić information content (AvgIpc) is 2.78. The Morgan fingerprint density at radius 1 is 0.879 bits per heavy atom. The maximum Gasteiger partial charge on any atom is 0.232 e. The smallest absolute Gasteiger partial charge is 0.232 e. The molecule has 9 heteroatoms. The molecule has 0 aliphatic carbocycles. The van der Waals surface area contributed by atoms with E-state index in [4.69, 9.17) is 11.5 Å². The molecule has 174 valence electrons. The summed E-state index contributed by atoms with van der Waals surface area (Å²) in [5.74, 6) is 0.0618. The number of pyridine rings is 1. The largest absolute Gasteiger partial charge is 1.00 e. The minimum absolute atomic E-state index is 0. The third kappa shape index (κ3) is 5.47. The fourth-order valence-electron chi connectivity index (χ4n) is 3.86. The van der Waals surface area contributed by atoms with Crippen LogP contribution in [0, 0.1) is 0 Å². The van der Waals surface area contributed by atoms with Gasteiger partial charge in [0.2, 0.25) is 21.1 Å². The molecule has 0 radical (unpaired) electrons. The van der Waals surface area contributed by atoms with Gasteiger partial charge in [-0.2, -0.15) is 4.57 Å². The highest BCUT2D eigenvalue weighted by atomic mass is 35.5. The van der Waals surface area contributed by atoms with Gasteiger partial charge in [-0.25, -0.2) is 8.42 Å². The Labute approximate surface area is 200 Å².